The Hall–Kier alpha value is -1.00. The highest BCUT2D eigenvalue weighted by Gasteiger charge is 2.19. The molecule has 0 saturated heterocycles. The second-order valence-electron chi connectivity index (χ2n) is 7.60. The van der Waals surface area contributed by atoms with Gasteiger partial charge < -0.3 is 4.74 Å². The first-order valence-corrected chi connectivity index (χ1v) is 10.3. The van der Waals surface area contributed by atoms with Crippen LogP contribution in [0.15, 0.2) is 24.3 Å². The fraction of sp³-hybridized carbons (Fsp3) is 0.739. The van der Waals surface area contributed by atoms with E-state index in [0.717, 1.165) is 24.9 Å². The topological polar surface area (TPSA) is 9.23 Å². The molecule has 1 heteroatoms. The van der Waals surface area contributed by atoms with Crippen LogP contribution in [0.4, 0.5) is 0 Å². The first kappa shape index (κ1) is 19.3. The van der Waals surface area contributed by atoms with Gasteiger partial charge in [-0.3, -0.25) is 0 Å². The number of ether oxygens (including phenoxy) is 1. The lowest BCUT2D eigenvalue weighted by molar-refractivity contribution is 0.0227. The van der Waals surface area contributed by atoms with Crippen molar-refractivity contribution in [3.05, 3.63) is 24.3 Å². The Balaban J connectivity index is 1.61. The van der Waals surface area contributed by atoms with Crippen molar-refractivity contribution in [3.63, 3.8) is 0 Å². The van der Waals surface area contributed by atoms with Crippen LogP contribution in [0.3, 0.4) is 0 Å². The molecule has 0 N–H and O–H groups in total. The normalized spacial score (nSPS) is 31.2. The molecule has 24 heavy (non-hydrogen) atoms. The van der Waals surface area contributed by atoms with E-state index >= 15 is 0 Å². The summed E-state index contributed by atoms with van der Waals surface area (Å²) in [5.74, 6) is 8.83. The Bertz CT molecular complexity index is 434. The highest BCUT2D eigenvalue weighted by Crippen LogP contribution is 2.31. The Morgan fingerprint density at radius 2 is 1.33 bits per heavy atom. The summed E-state index contributed by atoms with van der Waals surface area (Å²) in [7, 11) is 0. The van der Waals surface area contributed by atoms with E-state index < -0.39 is 0 Å². The van der Waals surface area contributed by atoms with Gasteiger partial charge in [0.2, 0.25) is 0 Å². The zero-order chi connectivity index (χ0) is 17.0. The molecule has 0 aromatic heterocycles. The maximum absolute atomic E-state index is 5.85. The quantitative estimate of drug-likeness (QED) is 0.520. The molecule has 0 heterocycles. The summed E-state index contributed by atoms with van der Waals surface area (Å²) in [6.07, 6.45) is 22.2. The van der Waals surface area contributed by atoms with Crippen LogP contribution in [0.2, 0.25) is 0 Å². The van der Waals surface area contributed by atoms with E-state index in [4.69, 9.17) is 4.74 Å². The average molecular weight is 329 g/mol. The molecule has 2 aliphatic rings. The minimum Gasteiger partial charge on any atom is -0.378 e. The van der Waals surface area contributed by atoms with Crippen LogP contribution in [0.5, 0.6) is 0 Å². The summed E-state index contributed by atoms with van der Waals surface area (Å²) in [5.41, 5.74) is 0. The summed E-state index contributed by atoms with van der Waals surface area (Å²) in [5, 5.41) is 0. The van der Waals surface area contributed by atoms with Crippen molar-refractivity contribution in [1.82, 2.24) is 0 Å². The van der Waals surface area contributed by atoms with Gasteiger partial charge in [-0.2, -0.15) is 0 Å². The Kier molecular flexibility index (Phi) is 9.29. The van der Waals surface area contributed by atoms with E-state index in [-0.39, 0.29) is 0 Å². The van der Waals surface area contributed by atoms with Crippen molar-refractivity contribution in [2.45, 2.75) is 84.2 Å². The van der Waals surface area contributed by atoms with Crippen molar-refractivity contribution in [1.29, 1.82) is 0 Å². The average Bonchev–Trinajstić information content (AvgIpc) is 2.64. The van der Waals surface area contributed by atoms with Crippen molar-refractivity contribution in [2.24, 2.45) is 17.8 Å². The zero-order valence-corrected chi connectivity index (χ0v) is 15.8. The van der Waals surface area contributed by atoms with Crippen molar-refractivity contribution >= 4 is 0 Å². The molecule has 0 aromatic rings. The van der Waals surface area contributed by atoms with E-state index in [1.165, 1.54) is 57.8 Å². The molecule has 0 atom stereocenters. The number of rotatable bonds is 6. The summed E-state index contributed by atoms with van der Waals surface area (Å²) >= 11 is 0. The molecule has 2 aliphatic carbocycles. The first-order valence-electron chi connectivity index (χ1n) is 10.3. The summed E-state index contributed by atoms with van der Waals surface area (Å²) < 4.78 is 5.85. The van der Waals surface area contributed by atoms with Crippen molar-refractivity contribution in [3.8, 4) is 11.8 Å². The van der Waals surface area contributed by atoms with Crippen LogP contribution in [0.25, 0.3) is 0 Å². The molecule has 0 aliphatic heterocycles. The molecule has 0 amide bonds. The Morgan fingerprint density at radius 3 is 1.83 bits per heavy atom. The lowest BCUT2D eigenvalue weighted by Gasteiger charge is -2.26. The van der Waals surface area contributed by atoms with Gasteiger partial charge in [-0.05, 0) is 87.7 Å². The number of hydrogen-bond acceptors (Lipinski definition) is 1. The predicted octanol–water partition coefficient (Wildman–Crippen LogP) is 6.30. The van der Waals surface area contributed by atoms with Crippen LogP contribution in [0, 0.1) is 29.6 Å². The minimum absolute atomic E-state index is 0.506. The van der Waals surface area contributed by atoms with Gasteiger partial charge in [-0.25, -0.2) is 0 Å². The molecular weight excluding hydrogens is 292 g/mol. The number of allylic oxidation sites excluding steroid dienone is 4. The molecule has 2 rings (SSSR count). The maximum atomic E-state index is 5.85. The van der Waals surface area contributed by atoms with E-state index in [1.54, 1.807) is 0 Å². The summed E-state index contributed by atoms with van der Waals surface area (Å²) in [6, 6.07) is 0. The highest BCUT2D eigenvalue weighted by atomic mass is 16.5. The van der Waals surface area contributed by atoms with Crippen LogP contribution in [-0.2, 0) is 4.74 Å². The molecule has 134 valence electrons. The predicted molar refractivity (Wildman–Crippen MR) is 104 cm³/mol. The largest absolute Gasteiger partial charge is 0.378 e. The lowest BCUT2D eigenvalue weighted by atomic mass is 9.81. The molecule has 1 nitrogen and oxygen atoms in total. The Labute approximate surface area is 149 Å². The first-order chi connectivity index (χ1) is 11.8. The standard InChI is InChI=1S/C23H36O/c1-3-19-24-23-17-15-22(16-18-23)10-8-6-5-7-9-21-13-11-20(4-2)12-14-21/h7-10,20-23H,3-4,11-19H2,1-2H3. The summed E-state index contributed by atoms with van der Waals surface area (Å²) in [4.78, 5) is 0. The minimum atomic E-state index is 0.506. The molecule has 2 saturated carbocycles. The lowest BCUT2D eigenvalue weighted by Crippen LogP contribution is -2.21. The monoisotopic (exact) mass is 328 g/mol. The van der Waals surface area contributed by atoms with Gasteiger partial charge in [0.1, 0.15) is 0 Å². The van der Waals surface area contributed by atoms with Crippen LogP contribution >= 0.6 is 0 Å². The Morgan fingerprint density at radius 1 is 0.792 bits per heavy atom. The van der Waals surface area contributed by atoms with Crippen LogP contribution in [-0.4, -0.2) is 12.7 Å². The fourth-order valence-corrected chi connectivity index (χ4v) is 3.99. The molecule has 0 unspecified atom stereocenters. The molecular formula is C23H36O. The van der Waals surface area contributed by atoms with E-state index in [1.807, 2.05) is 0 Å². The second kappa shape index (κ2) is 11.5. The van der Waals surface area contributed by atoms with Gasteiger partial charge in [0.15, 0.2) is 0 Å². The third-order valence-electron chi connectivity index (χ3n) is 5.73. The molecule has 0 radical (unpaired) electrons. The molecule has 2 fully saturated rings. The molecule has 0 spiro atoms. The van der Waals surface area contributed by atoms with Crippen molar-refractivity contribution in [2.75, 3.05) is 6.61 Å². The maximum Gasteiger partial charge on any atom is 0.0575 e. The van der Waals surface area contributed by atoms with Gasteiger partial charge in [-0.1, -0.05) is 44.3 Å². The smallest absolute Gasteiger partial charge is 0.0575 e. The molecule has 0 aromatic carbocycles. The van der Waals surface area contributed by atoms with Gasteiger partial charge in [0, 0.05) is 6.61 Å². The van der Waals surface area contributed by atoms with E-state index in [9.17, 15) is 0 Å². The van der Waals surface area contributed by atoms with Crippen LogP contribution in [0.1, 0.15) is 78.1 Å². The van der Waals surface area contributed by atoms with E-state index in [2.05, 4.69) is 50.0 Å². The van der Waals surface area contributed by atoms with E-state index in [0.29, 0.717) is 12.0 Å². The number of hydrogen-bond donors (Lipinski definition) is 0. The SMILES string of the molecule is CCCOC1CCC(C=CC#CC=CC2CCC(CC)CC2)CC1. The van der Waals surface area contributed by atoms with Crippen LogP contribution < -0.4 is 0 Å². The highest BCUT2D eigenvalue weighted by molar-refractivity contribution is 5.24. The zero-order valence-electron chi connectivity index (χ0n) is 15.8. The van der Waals surface area contributed by atoms with Crippen molar-refractivity contribution < 1.29 is 4.74 Å². The molecule has 0 bridgehead atoms. The van der Waals surface area contributed by atoms with Gasteiger partial charge in [0.05, 0.1) is 6.10 Å². The third-order valence-corrected chi connectivity index (χ3v) is 5.73. The van der Waals surface area contributed by atoms with Gasteiger partial charge in [-0.15, -0.1) is 0 Å². The second-order valence-corrected chi connectivity index (χ2v) is 7.60. The van der Waals surface area contributed by atoms with Gasteiger partial charge in [0.25, 0.3) is 0 Å². The third kappa shape index (κ3) is 7.27. The van der Waals surface area contributed by atoms with Gasteiger partial charge >= 0.3 is 0 Å². The fourth-order valence-electron chi connectivity index (χ4n) is 3.99. The summed E-state index contributed by atoms with van der Waals surface area (Å²) in [6.45, 7) is 5.42.